The summed E-state index contributed by atoms with van der Waals surface area (Å²) in [5, 5.41) is 3.23. The van der Waals surface area contributed by atoms with Gasteiger partial charge in [-0.15, -0.1) is 0 Å². The van der Waals surface area contributed by atoms with Crippen molar-refractivity contribution in [3.63, 3.8) is 0 Å². The fourth-order valence-corrected chi connectivity index (χ4v) is 2.45. The third-order valence-corrected chi connectivity index (χ3v) is 3.49. The number of hydrogen-bond donors (Lipinski definition) is 2. The van der Waals surface area contributed by atoms with Crippen LogP contribution >= 0.6 is 11.6 Å². The van der Waals surface area contributed by atoms with E-state index in [1.54, 1.807) is 0 Å². The smallest absolute Gasteiger partial charge is 0.248 e. The van der Waals surface area contributed by atoms with Crippen LogP contribution in [0, 0.1) is 0 Å². The molecule has 1 fully saturated rings. The van der Waals surface area contributed by atoms with Crippen LogP contribution in [0.4, 0.5) is 14.6 Å². The molecule has 0 amide bonds. The highest BCUT2D eigenvalue weighted by Gasteiger charge is 2.35. The molecule has 0 aromatic carbocycles. The minimum Gasteiger partial charge on any atom is -0.365 e. The highest BCUT2D eigenvalue weighted by Crippen LogP contribution is 2.34. The molecule has 2 N–H and O–H groups in total. The molecule has 1 aliphatic carbocycles. The van der Waals surface area contributed by atoms with Gasteiger partial charge < -0.3 is 10.3 Å². The van der Waals surface area contributed by atoms with Gasteiger partial charge in [0.1, 0.15) is 5.52 Å². The van der Waals surface area contributed by atoms with Gasteiger partial charge in [-0.25, -0.2) is 13.8 Å². The van der Waals surface area contributed by atoms with Crippen molar-refractivity contribution < 1.29 is 8.78 Å². The number of imidazole rings is 1. The summed E-state index contributed by atoms with van der Waals surface area (Å²) in [5.74, 6) is -2.02. The number of hydrogen-bond acceptors (Lipinski definition) is 4. The summed E-state index contributed by atoms with van der Waals surface area (Å²) in [6, 6.07) is -0.0305. The SMILES string of the molecule is FC1(F)CCC(Nc2nc(Cl)nc3nc[nH]c23)CC1. The molecule has 2 aromatic heterocycles. The van der Waals surface area contributed by atoms with Gasteiger partial charge in [-0.2, -0.15) is 9.97 Å². The fraction of sp³-hybridized carbons (Fsp3) is 0.545. The van der Waals surface area contributed by atoms with Crippen LogP contribution in [0.1, 0.15) is 25.7 Å². The van der Waals surface area contributed by atoms with E-state index in [0.29, 0.717) is 29.8 Å². The van der Waals surface area contributed by atoms with Gasteiger partial charge in [0.2, 0.25) is 11.2 Å². The lowest BCUT2D eigenvalue weighted by Gasteiger charge is -2.29. The summed E-state index contributed by atoms with van der Waals surface area (Å²) in [7, 11) is 0. The molecule has 0 bridgehead atoms. The number of alkyl halides is 2. The number of H-pyrrole nitrogens is 1. The number of fused-ring (bicyclic) bond motifs is 1. The fourth-order valence-electron chi connectivity index (χ4n) is 2.29. The van der Waals surface area contributed by atoms with Crippen molar-refractivity contribution >= 4 is 28.6 Å². The second kappa shape index (κ2) is 4.56. The van der Waals surface area contributed by atoms with Gasteiger partial charge in [0.15, 0.2) is 11.5 Å². The molecular formula is C11H12ClF2N5. The first-order valence-corrected chi connectivity index (χ1v) is 6.42. The molecule has 0 saturated heterocycles. The third-order valence-electron chi connectivity index (χ3n) is 3.32. The van der Waals surface area contributed by atoms with Crippen molar-refractivity contribution in [3.05, 3.63) is 11.6 Å². The average Bonchev–Trinajstić information content (AvgIpc) is 2.80. The number of rotatable bonds is 2. The Morgan fingerprint density at radius 3 is 2.79 bits per heavy atom. The third kappa shape index (κ3) is 2.60. The van der Waals surface area contributed by atoms with E-state index in [1.807, 2.05) is 0 Å². The van der Waals surface area contributed by atoms with E-state index in [4.69, 9.17) is 11.6 Å². The molecule has 102 valence electrons. The second-order valence-electron chi connectivity index (χ2n) is 4.72. The summed E-state index contributed by atoms with van der Waals surface area (Å²) in [5.41, 5.74) is 1.10. The minimum atomic E-state index is -2.54. The van der Waals surface area contributed by atoms with Crippen molar-refractivity contribution in [1.82, 2.24) is 19.9 Å². The predicted octanol–water partition coefficient (Wildman–Crippen LogP) is 3.00. The highest BCUT2D eigenvalue weighted by atomic mass is 35.5. The zero-order chi connectivity index (χ0) is 13.5. The molecule has 0 spiro atoms. The Bertz CT molecular complexity index is 590. The lowest BCUT2D eigenvalue weighted by molar-refractivity contribution is -0.0361. The topological polar surface area (TPSA) is 66.5 Å². The van der Waals surface area contributed by atoms with Crippen LogP contribution in [0.25, 0.3) is 11.2 Å². The summed E-state index contributed by atoms with van der Waals surface area (Å²) in [6.07, 6.45) is 2.11. The Morgan fingerprint density at radius 2 is 2.05 bits per heavy atom. The predicted molar refractivity (Wildman–Crippen MR) is 67.5 cm³/mol. The molecule has 0 atom stereocenters. The van der Waals surface area contributed by atoms with Gasteiger partial charge in [-0.05, 0) is 24.4 Å². The number of halogens is 3. The number of nitrogens with one attached hydrogen (secondary N) is 2. The van der Waals surface area contributed by atoms with Gasteiger partial charge in [0.05, 0.1) is 6.33 Å². The monoisotopic (exact) mass is 287 g/mol. The first kappa shape index (κ1) is 12.5. The molecule has 2 heterocycles. The second-order valence-corrected chi connectivity index (χ2v) is 5.06. The lowest BCUT2D eigenvalue weighted by atomic mass is 9.92. The quantitative estimate of drug-likeness (QED) is 0.833. The van der Waals surface area contributed by atoms with Gasteiger partial charge in [0.25, 0.3) is 0 Å². The van der Waals surface area contributed by atoms with E-state index in [1.165, 1.54) is 6.33 Å². The van der Waals surface area contributed by atoms with Crippen LogP contribution in [0.2, 0.25) is 5.28 Å². The van der Waals surface area contributed by atoms with Crippen molar-refractivity contribution in [1.29, 1.82) is 0 Å². The molecule has 1 saturated carbocycles. The van der Waals surface area contributed by atoms with Crippen molar-refractivity contribution in [2.24, 2.45) is 0 Å². The average molecular weight is 288 g/mol. The van der Waals surface area contributed by atoms with E-state index in [0.717, 1.165) is 0 Å². The highest BCUT2D eigenvalue weighted by molar-refractivity contribution is 6.28. The van der Waals surface area contributed by atoms with Crippen LogP contribution in [-0.4, -0.2) is 31.9 Å². The van der Waals surface area contributed by atoms with Crippen LogP contribution in [-0.2, 0) is 0 Å². The van der Waals surface area contributed by atoms with E-state index in [2.05, 4.69) is 25.3 Å². The molecule has 2 aromatic rings. The molecule has 1 aliphatic rings. The summed E-state index contributed by atoms with van der Waals surface area (Å²) < 4.78 is 26.2. The Hall–Kier alpha value is -1.50. The molecule has 0 unspecified atom stereocenters. The first-order valence-electron chi connectivity index (χ1n) is 6.04. The maximum atomic E-state index is 13.1. The number of nitrogens with zero attached hydrogens (tertiary/aromatic N) is 3. The van der Waals surface area contributed by atoms with Crippen molar-refractivity contribution in [2.45, 2.75) is 37.6 Å². The number of aromatic nitrogens is 4. The number of anilines is 1. The standard InChI is InChI=1S/C11H12ClF2N5/c12-10-18-8-7(15-5-16-8)9(19-10)17-6-1-3-11(13,14)4-2-6/h5-6H,1-4H2,(H2,15,16,17,18,19). The molecule has 8 heteroatoms. The Labute approximate surface area is 112 Å². The van der Waals surface area contributed by atoms with Gasteiger partial charge in [-0.3, -0.25) is 0 Å². The number of aromatic amines is 1. The van der Waals surface area contributed by atoms with E-state index in [-0.39, 0.29) is 24.2 Å². The zero-order valence-electron chi connectivity index (χ0n) is 9.96. The molecule has 0 aliphatic heterocycles. The maximum absolute atomic E-state index is 13.1. The lowest BCUT2D eigenvalue weighted by Crippen LogP contribution is -2.32. The largest absolute Gasteiger partial charge is 0.365 e. The van der Waals surface area contributed by atoms with Crippen LogP contribution in [0.3, 0.4) is 0 Å². The van der Waals surface area contributed by atoms with Gasteiger partial charge in [0, 0.05) is 18.9 Å². The van der Waals surface area contributed by atoms with Crippen LogP contribution < -0.4 is 5.32 Å². The summed E-state index contributed by atoms with van der Waals surface area (Å²) in [6.45, 7) is 0. The summed E-state index contributed by atoms with van der Waals surface area (Å²) in [4.78, 5) is 15.0. The minimum absolute atomic E-state index is 0.0305. The molecule has 3 rings (SSSR count). The first-order chi connectivity index (χ1) is 9.03. The molecular weight excluding hydrogens is 276 g/mol. The normalized spacial score (nSPS) is 19.7. The zero-order valence-corrected chi connectivity index (χ0v) is 10.7. The molecule has 19 heavy (non-hydrogen) atoms. The van der Waals surface area contributed by atoms with Gasteiger partial charge in [-0.1, -0.05) is 0 Å². The van der Waals surface area contributed by atoms with E-state index >= 15 is 0 Å². The van der Waals surface area contributed by atoms with E-state index < -0.39 is 5.92 Å². The van der Waals surface area contributed by atoms with Crippen LogP contribution in [0.15, 0.2) is 6.33 Å². The van der Waals surface area contributed by atoms with Crippen molar-refractivity contribution in [3.8, 4) is 0 Å². The van der Waals surface area contributed by atoms with Crippen molar-refractivity contribution in [2.75, 3.05) is 5.32 Å². The Kier molecular flexibility index (Phi) is 3.00. The Balaban J connectivity index is 1.80. The van der Waals surface area contributed by atoms with E-state index in [9.17, 15) is 8.78 Å². The van der Waals surface area contributed by atoms with Gasteiger partial charge >= 0.3 is 0 Å². The molecule has 5 nitrogen and oxygen atoms in total. The van der Waals surface area contributed by atoms with Crippen LogP contribution in [0.5, 0.6) is 0 Å². The Morgan fingerprint density at radius 1 is 1.32 bits per heavy atom. The maximum Gasteiger partial charge on any atom is 0.248 e. The summed E-state index contributed by atoms with van der Waals surface area (Å²) >= 11 is 5.81. The molecule has 0 radical (unpaired) electrons.